The Morgan fingerprint density at radius 3 is 2.69 bits per heavy atom. The van der Waals surface area contributed by atoms with Gasteiger partial charge in [0.2, 0.25) is 0 Å². The maximum absolute atomic E-state index is 4.65. The smallest absolute Gasteiger partial charge is 0.191 e. The minimum Gasteiger partial charge on any atom is -0.295 e. The summed E-state index contributed by atoms with van der Waals surface area (Å²) in [6.45, 7) is 0. The Balaban J connectivity index is 1.55. The fourth-order valence-electron chi connectivity index (χ4n) is 3.07. The lowest BCUT2D eigenvalue weighted by molar-refractivity contribution is 1.18. The topological polar surface area (TPSA) is 67.5 Å². The summed E-state index contributed by atoms with van der Waals surface area (Å²) >= 11 is 0. The van der Waals surface area contributed by atoms with Gasteiger partial charge in [0, 0.05) is 29.5 Å². The first-order valence-electron chi connectivity index (χ1n) is 8.25. The Kier molecular flexibility index (Phi) is 3.31. The van der Waals surface area contributed by atoms with Crippen molar-refractivity contribution in [1.29, 1.82) is 0 Å². The molecule has 0 unspecified atom stereocenters. The lowest BCUT2D eigenvalue weighted by Crippen LogP contribution is -2.00. The molecule has 0 radical (unpaired) electrons. The van der Waals surface area contributed by atoms with Gasteiger partial charge in [-0.2, -0.15) is 5.10 Å². The first-order chi connectivity index (χ1) is 12.9. The number of nitrogens with zero attached hydrogens (tertiary/aromatic N) is 5. The van der Waals surface area contributed by atoms with Gasteiger partial charge >= 0.3 is 0 Å². The molecule has 5 rings (SSSR count). The maximum Gasteiger partial charge on any atom is 0.191 e. The summed E-state index contributed by atoms with van der Waals surface area (Å²) in [7, 11) is 0. The highest BCUT2D eigenvalue weighted by Crippen LogP contribution is 2.20. The van der Waals surface area contributed by atoms with Crippen LogP contribution in [0.25, 0.3) is 27.6 Å². The average Bonchev–Trinajstić information content (AvgIpc) is 3.19. The molecule has 3 aromatic heterocycles. The monoisotopic (exact) mass is 338 g/mol. The molecule has 0 saturated heterocycles. The Morgan fingerprint density at radius 1 is 0.885 bits per heavy atom. The second-order valence-corrected chi connectivity index (χ2v) is 5.86. The van der Waals surface area contributed by atoms with E-state index in [4.69, 9.17) is 0 Å². The summed E-state index contributed by atoms with van der Waals surface area (Å²) in [5.74, 6) is 0.614. The van der Waals surface area contributed by atoms with Gasteiger partial charge in [-0.1, -0.05) is 30.3 Å². The molecule has 0 atom stereocenters. The predicted molar refractivity (Wildman–Crippen MR) is 103 cm³/mol. The minimum absolute atomic E-state index is 0.614. The molecular formula is C20H14N6. The van der Waals surface area contributed by atoms with E-state index in [2.05, 4.69) is 25.5 Å². The third-order valence-electron chi connectivity index (χ3n) is 4.28. The highest BCUT2D eigenvalue weighted by molar-refractivity contribution is 5.98. The lowest BCUT2D eigenvalue weighted by atomic mass is 10.1. The van der Waals surface area contributed by atoms with E-state index in [1.807, 2.05) is 65.2 Å². The van der Waals surface area contributed by atoms with Crippen molar-refractivity contribution in [2.24, 2.45) is 5.10 Å². The largest absolute Gasteiger partial charge is 0.295 e. The van der Waals surface area contributed by atoms with Gasteiger partial charge in [-0.15, -0.1) is 0 Å². The molecule has 1 N–H and O–H groups in total. The van der Waals surface area contributed by atoms with E-state index < -0.39 is 0 Å². The van der Waals surface area contributed by atoms with Crippen molar-refractivity contribution in [1.82, 2.24) is 19.4 Å². The predicted octanol–water partition coefficient (Wildman–Crippen LogP) is 3.88. The summed E-state index contributed by atoms with van der Waals surface area (Å²) in [4.78, 5) is 13.4. The van der Waals surface area contributed by atoms with E-state index in [0.717, 1.165) is 33.1 Å². The van der Waals surface area contributed by atoms with Crippen LogP contribution in [0.4, 0.5) is 5.82 Å². The van der Waals surface area contributed by atoms with Gasteiger partial charge in [0.1, 0.15) is 0 Å². The number of benzene rings is 2. The summed E-state index contributed by atoms with van der Waals surface area (Å²) in [6.07, 6.45) is 7.24. The number of rotatable bonds is 3. The maximum atomic E-state index is 4.65. The van der Waals surface area contributed by atoms with Crippen molar-refractivity contribution in [3.63, 3.8) is 0 Å². The quantitative estimate of drug-likeness (QED) is 0.400. The van der Waals surface area contributed by atoms with Crippen molar-refractivity contribution in [2.45, 2.75) is 0 Å². The number of fused-ring (bicyclic) bond motifs is 4. The third-order valence-corrected chi connectivity index (χ3v) is 4.28. The van der Waals surface area contributed by atoms with Crippen LogP contribution in [0.1, 0.15) is 5.56 Å². The Labute approximate surface area is 148 Å². The van der Waals surface area contributed by atoms with Gasteiger partial charge < -0.3 is 0 Å². The van der Waals surface area contributed by atoms with Crippen LogP contribution in [0.3, 0.4) is 0 Å². The van der Waals surface area contributed by atoms with Crippen LogP contribution in [0.2, 0.25) is 0 Å². The van der Waals surface area contributed by atoms with E-state index >= 15 is 0 Å². The highest BCUT2D eigenvalue weighted by Gasteiger charge is 2.08. The van der Waals surface area contributed by atoms with Gasteiger partial charge in [0.05, 0.1) is 22.8 Å². The summed E-state index contributed by atoms with van der Waals surface area (Å²) < 4.78 is 2.00. The minimum atomic E-state index is 0.614. The van der Waals surface area contributed by atoms with Crippen LogP contribution >= 0.6 is 0 Å². The van der Waals surface area contributed by atoms with Crippen LogP contribution < -0.4 is 5.43 Å². The van der Waals surface area contributed by atoms with Crippen molar-refractivity contribution in [3.8, 4) is 0 Å². The van der Waals surface area contributed by atoms with Gasteiger partial charge in [0.25, 0.3) is 0 Å². The van der Waals surface area contributed by atoms with Crippen molar-refractivity contribution in [2.75, 3.05) is 5.43 Å². The molecule has 0 fully saturated rings. The van der Waals surface area contributed by atoms with Gasteiger partial charge in [-0.3, -0.25) is 14.8 Å². The molecule has 0 bridgehead atoms. The zero-order valence-corrected chi connectivity index (χ0v) is 13.7. The Bertz CT molecular complexity index is 1270. The van der Waals surface area contributed by atoms with Crippen molar-refractivity contribution < 1.29 is 0 Å². The molecule has 3 heterocycles. The van der Waals surface area contributed by atoms with Crippen LogP contribution in [0.5, 0.6) is 0 Å². The lowest BCUT2D eigenvalue weighted by Gasteiger charge is -2.06. The SMILES string of the molecule is C(=N\Nc1nc2ccccc2n2ccnc12)/c1ccnc2ccccc12. The van der Waals surface area contributed by atoms with Crippen LogP contribution in [-0.4, -0.2) is 25.6 Å². The van der Waals surface area contributed by atoms with Crippen LogP contribution in [-0.2, 0) is 0 Å². The third kappa shape index (κ3) is 2.36. The zero-order chi connectivity index (χ0) is 17.3. The Hall–Kier alpha value is -3.80. The summed E-state index contributed by atoms with van der Waals surface area (Å²) in [5.41, 5.74) is 7.59. The number of anilines is 1. The first kappa shape index (κ1) is 14.5. The number of pyridine rings is 1. The van der Waals surface area contributed by atoms with Gasteiger partial charge in [-0.25, -0.2) is 9.97 Å². The molecule has 0 aliphatic carbocycles. The second kappa shape index (κ2) is 5.93. The molecule has 0 aliphatic rings. The molecule has 6 heteroatoms. The summed E-state index contributed by atoms with van der Waals surface area (Å²) in [6, 6.07) is 17.9. The number of para-hydroxylation sites is 3. The fraction of sp³-hybridized carbons (Fsp3) is 0. The van der Waals surface area contributed by atoms with Crippen molar-refractivity contribution >= 4 is 39.6 Å². The average molecular weight is 338 g/mol. The number of imidazole rings is 1. The van der Waals surface area contributed by atoms with Crippen LogP contribution in [0, 0.1) is 0 Å². The molecule has 0 amide bonds. The normalized spacial score (nSPS) is 11.7. The van der Waals surface area contributed by atoms with E-state index in [1.165, 1.54) is 0 Å². The molecule has 0 spiro atoms. The molecule has 26 heavy (non-hydrogen) atoms. The number of nitrogens with one attached hydrogen (secondary N) is 1. The van der Waals surface area contributed by atoms with Gasteiger partial charge in [-0.05, 0) is 24.3 Å². The number of hydrogen-bond donors (Lipinski definition) is 1. The zero-order valence-electron chi connectivity index (χ0n) is 13.7. The van der Waals surface area contributed by atoms with Gasteiger partial charge in [0.15, 0.2) is 11.5 Å². The van der Waals surface area contributed by atoms with E-state index in [1.54, 1.807) is 18.6 Å². The second-order valence-electron chi connectivity index (χ2n) is 5.86. The molecule has 2 aromatic carbocycles. The highest BCUT2D eigenvalue weighted by atomic mass is 15.3. The van der Waals surface area contributed by atoms with E-state index in [-0.39, 0.29) is 0 Å². The standard InChI is InChI=1S/C20H14N6/c1-2-6-16-15(5-1)14(9-10-21-16)13-23-25-19-20-22-11-12-26(20)18-8-4-3-7-17(18)24-19/h1-13H,(H,24,25)/b23-13+. The van der Waals surface area contributed by atoms with E-state index in [9.17, 15) is 0 Å². The fourth-order valence-corrected chi connectivity index (χ4v) is 3.07. The number of aromatic nitrogens is 4. The van der Waals surface area contributed by atoms with E-state index in [0.29, 0.717) is 5.82 Å². The Morgan fingerprint density at radius 2 is 1.73 bits per heavy atom. The molecular weight excluding hydrogens is 324 g/mol. The van der Waals surface area contributed by atoms with Crippen molar-refractivity contribution in [3.05, 3.63) is 78.8 Å². The number of hydrazone groups is 1. The number of hydrogen-bond acceptors (Lipinski definition) is 5. The first-order valence-corrected chi connectivity index (χ1v) is 8.25. The molecule has 124 valence electrons. The molecule has 5 aromatic rings. The molecule has 0 aliphatic heterocycles. The van der Waals surface area contributed by atoms with Crippen LogP contribution in [0.15, 0.2) is 78.3 Å². The molecule has 0 saturated carbocycles. The molecule has 6 nitrogen and oxygen atoms in total. The summed E-state index contributed by atoms with van der Waals surface area (Å²) in [5, 5.41) is 5.43.